The Morgan fingerprint density at radius 3 is 2.46 bits per heavy atom. The minimum atomic E-state index is -1.19. The predicted octanol–water partition coefficient (Wildman–Crippen LogP) is 4.58. The molecule has 1 aromatic carbocycles. The third-order valence-electron chi connectivity index (χ3n) is 10.8. The number of Topliss-reactive ketones (excluding diaryl/α,β-unsaturated/α-hetero) is 1. The van der Waals surface area contributed by atoms with Gasteiger partial charge in [0, 0.05) is 5.41 Å². The number of carbonyl (C=O) groups is 3. The molecule has 0 bridgehead atoms. The summed E-state index contributed by atoms with van der Waals surface area (Å²) in [6, 6.07) is 7.40. The lowest BCUT2D eigenvalue weighted by Gasteiger charge is -2.59. The lowest BCUT2D eigenvalue weighted by Crippen LogP contribution is -2.57. The van der Waals surface area contributed by atoms with E-state index in [1.165, 1.54) is 5.57 Å². The van der Waals surface area contributed by atoms with E-state index in [4.69, 9.17) is 4.84 Å². The van der Waals surface area contributed by atoms with Gasteiger partial charge in [-0.25, -0.2) is 4.79 Å². The van der Waals surface area contributed by atoms with E-state index in [2.05, 4.69) is 30.4 Å². The molecule has 8 nitrogen and oxygen atoms in total. The van der Waals surface area contributed by atoms with Gasteiger partial charge in [-0.3, -0.25) is 9.59 Å². The fraction of sp³-hybridized carbons (Fsp3) is 0.613. The maximum Gasteiger partial charge on any atom is 0.330 e. The number of carboxylic acids is 1. The predicted molar refractivity (Wildman–Crippen MR) is 146 cm³/mol. The molecule has 39 heavy (non-hydrogen) atoms. The number of ketones is 1. The van der Waals surface area contributed by atoms with Crippen LogP contribution in [0.1, 0.15) is 83.7 Å². The Morgan fingerprint density at radius 1 is 1.05 bits per heavy atom. The van der Waals surface area contributed by atoms with Gasteiger partial charge in [-0.2, -0.15) is 0 Å². The summed E-state index contributed by atoms with van der Waals surface area (Å²) >= 11 is 0. The Bertz CT molecular complexity index is 1210. The van der Waals surface area contributed by atoms with Crippen LogP contribution in [0.2, 0.25) is 0 Å². The third-order valence-corrected chi connectivity index (χ3v) is 10.8. The number of allylic oxidation sites excluding steroid dienone is 2. The minimum absolute atomic E-state index is 0.0575. The van der Waals surface area contributed by atoms with E-state index in [0.29, 0.717) is 29.7 Å². The van der Waals surface area contributed by atoms with Gasteiger partial charge in [0.25, 0.3) is 5.91 Å². The van der Waals surface area contributed by atoms with Gasteiger partial charge in [0.15, 0.2) is 18.4 Å². The van der Waals surface area contributed by atoms with E-state index in [1.807, 2.05) is 0 Å². The summed E-state index contributed by atoms with van der Waals surface area (Å²) in [5, 5.41) is 27.6. The zero-order chi connectivity index (χ0) is 28.0. The minimum Gasteiger partial charge on any atom is -0.479 e. The van der Waals surface area contributed by atoms with E-state index in [0.717, 1.165) is 50.7 Å². The highest BCUT2D eigenvalue weighted by atomic mass is 16.6. The SMILES string of the molecule is CC(=O)[C@@]1(O)CC[C@H]2[C@@H]3CCC4=C/C(=N/OCC(=O)N[C@H](C(=O)O)c5ccccc5)CC[C@]4(C)[C@H]3CC[C@@]21C. The number of nitrogens with zero attached hydrogens (tertiary/aromatic N) is 1. The molecule has 4 aliphatic rings. The number of aliphatic hydroxyl groups is 1. The van der Waals surface area contributed by atoms with Crippen LogP contribution < -0.4 is 5.32 Å². The van der Waals surface area contributed by atoms with Crippen molar-refractivity contribution in [3.63, 3.8) is 0 Å². The van der Waals surface area contributed by atoms with E-state index < -0.39 is 23.5 Å². The quantitative estimate of drug-likeness (QED) is 0.438. The summed E-state index contributed by atoms with van der Waals surface area (Å²) in [6.07, 6.45) is 9.21. The normalized spacial score (nSPS) is 37.1. The number of carbonyl (C=O) groups excluding carboxylic acids is 2. The second-order valence-corrected chi connectivity index (χ2v) is 12.5. The molecule has 0 saturated heterocycles. The monoisotopic (exact) mass is 536 g/mol. The number of nitrogens with one attached hydrogen (secondary N) is 1. The molecule has 8 heteroatoms. The molecule has 1 amide bonds. The first-order valence-electron chi connectivity index (χ1n) is 14.2. The van der Waals surface area contributed by atoms with Crippen LogP contribution in [-0.4, -0.2) is 45.8 Å². The van der Waals surface area contributed by atoms with Crippen molar-refractivity contribution >= 4 is 23.4 Å². The van der Waals surface area contributed by atoms with Gasteiger partial charge in [0.05, 0.1) is 5.71 Å². The highest BCUT2D eigenvalue weighted by molar-refractivity contribution is 5.96. The van der Waals surface area contributed by atoms with Crippen LogP contribution in [0, 0.1) is 28.6 Å². The number of amides is 1. The largest absolute Gasteiger partial charge is 0.479 e. The van der Waals surface area contributed by atoms with Crippen LogP contribution in [0.3, 0.4) is 0 Å². The number of rotatable bonds is 7. The fourth-order valence-electron chi connectivity index (χ4n) is 8.55. The van der Waals surface area contributed by atoms with Crippen molar-refractivity contribution in [2.75, 3.05) is 6.61 Å². The number of fused-ring (bicyclic) bond motifs is 5. The summed E-state index contributed by atoms with van der Waals surface area (Å²) in [5.74, 6) is -0.380. The van der Waals surface area contributed by atoms with Crippen molar-refractivity contribution in [2.24, 2.45) is 33.7 Å². The maximum absolute atomic E-state index is 12.5. The first kappa shape index (κ1) is 27.6. The van der Waals surface area contributed by atoms with Gasteiger partial charge in [0.2, 0.25) is 0 Å². The molecular weight excluding hydrogens is 496 g/mol. The Balaban J connectivity index is 1.23. The molecule has 3 fully saturated rings. The molecule has 4 aliphatic carbocycles. The van der Waals surface area contributed by atoms with E-state index in [9.17, 15) is 24.6 Å². The number of carboxylic acid groups (broad SMARTS) is 1. The molecule has 210 valence electrons. The first-order valence-corrected chi connectivity index (χ1v) is 14.2. The van der Waals surface area contributed by atoms with Crippen LogP contribution in [0.15, 0.2) is 47.1 Å². The molecule has 0 unspecified atom stereocenters. The number of hydrogen-bond donors (Lipinski definition) is 3. The highest BCUT2D eigenvalue weighted by Gasteiger charge is 2.65. The molecule has 3 N–H and O–H groups in total. The Hall–Kier alpha value is -3.00. The number of aliphatic carboxylic acids is 1. The zero-order valence-corrected chi connectivity index (χ0v) is 23.1. The number of benzene rings is 1. The van der Waals surface area contributed by atoms with E-state index in [1.54, 1.807) is 37.3 Å². The average Bonchev–Trinajstić information content (AvgIpc) is 3.19. The van der Waals surface area contributed by atoms with Crippen molar-refractivity contribution in [3.05, 3.63) is 47.5 Å². The lowest BCUT2D eigenvalue weighted by molar-refractivity contribution is -0.159. The molecule has 5 rings (SSSR count). The maximum atomic E-state index is 12.5. The van der Waals surface area contributed by atoms with Crippen LogP contribution in [-0.2, 0) is 19.2 Å². The summed E-state index contributed by atoms with van der Waals surface area (Å²) in [4.78, 5) is 41.9. The van der Waals surface area contributed by atoms with Crippen LogP contribution in [0.4, 0.5) is 0 Å². The van der Waals surface area contributed by atoms with E-state index in [-0.39, 0.29) is 23.2 Å². The third kappa shape index (κ3) is 4.60. The lowest BCUT2D eigenvalue weighted by atomic mass is 9.46. The summed E-state index contributed by atoms with van der Waals surface area (Å²) < 4.78 is 0. The smallest absolute Gasteiger partial charge is 0.330 e. The molecule has 0 spiro atoms. The van der Waals surface area contributed by atoms with Crippen molar-refractivity contribution < 1.29 is 29.4 Å². The number of hydrogen-bond acceptors (Lipinski definition) is 6. The number of oxime groups is 1. The topological polar surface area (TPSA) is 125 Å². The van der Waals surface area contributed by atoms with Crippen molar-refractivity contribution in [2.45, 2.75) is 83.8 Å². The first-order chi connectivity index (χ1) is 18.5. The molecular formula is C31H40N2O6. The standard InChI is InChI=1S/C31H40N2O6/c1-19(34)31(38)16-13-25-23-10-9-21-17-22(11-14-29(21,2)24(23)12-15-30(25,31)3)33-39-18-26(35)32-27(28(36)37)20-7-5-4-6-8-20/h4-8,17,23-25,27,38H,9-16,18H2,1-3H3,(H,32,35)(H,36,37)/b33-22+/t23-,24+,25+,27+,29+,30+,31+/m1/s1. The van der Waals surface area contributed by atoms with Crippen LogP contribution in [0.25, 0.3) is 0 Å². The fourth-order valence-corrected chi connectivity index (χ4v) is 8.55. The van der Waals surface area contributed by atoms with Crippen LogP contribution in [0.5, 0.6) is 0 Å². The Morgan fingerprint density at radius 2 is 1.77 bits per heavy atom. The molecule has 0 aromatic heterocycles. The summed E-state index contributed by atoms with van der Waals surface area (Å²) in [5.41, 5.74) is 1.19. The Kier molecular flexibility index (Phi) is 7.20. The summed E-state index contributed by atoms with van der Waals surface area (Å²) in [6.45, 7) is 5.70. The Labute approximate surface area is 229 Å². The van der Waals surface area contributed by atoms with Crippen LogP contribution >= 0.6 is 0 Å². The average molecular weight is 537 g/mol. The van der Waals surface area contributed by atoms with Gasteiger partial charge < -0.3 is 20.4 Å². The van der Waals surface area contributed by atoms with Crippen molar-refractivity contribution in [1.29, 1.82) is 0 Å². The van der Waals surface area contributed by atoms with E-state index >= 15 is 0 Å². The second kappa shape index (κ2) is 10.2. The molecule has 0 radical (unpaired) electrons. The van der Waals surface area contributed by atoms with Gasteiger partial charge in [-0.15, -0.1) is 0 Å². The van der Waals surface area contributed by atoms with Crippen molar-refractivity contribution in [1.82, 2.24) is 5.32 Å². The van der Waals surface area contributed by atoms with Crippen molar-refractivity contribution in [3.8, 4) is 0 Å². The summed E-state index contributed by atoms with van der Waals surface area (Å²) in [7, 11) is 0. The van der Waals surface area contributed by atoms with Gasteiger partial charge >= 0.3 is 5.97 Å². The molecule has 3 saturated carbocycles. The zero-order valence-electron chi connectivity index (χ0n) is 23.1. The van der Waals surface area contributed by atoms with Gasteiger partial charge in [0.1, 0.15) is 5.60 Å². The highest BCUT2D eigenvalue weighted by Crippen LogP contribution is 2.67. The second-order valence-electron chi connectivity index (χ2n) is 12.5. The molecule has 0 heterocycles. The van der Waals surface area contributed by atoms with Gasteiger partial charge in [-0.05, 0) is 93.1 Å². The molecule has 7 atom stereocenters. The molecule has 0 aliphatic heterocycles. The molecule has 1 aromatic rings. The van der Waals surface area contributed by atoms with Gasteiger partial charge in [-0.1, -0.05) is 54.9 Å².